The van der Waals surface area contributed by atoms with Crippen LogP contribution in [0.15, 0.2) is 12.8 Å². The van der Waals surface area contributed by atoms with Gasteiger partial charge in [-0.25, -0.2) is 0 Å². The lowest BCUT2D eigenvalue weighted by Crippen LogP contribution is -1.98. The van der Waals surface area contributed by atoms with Crippen LogP contribution in [0.4, 0.5) is 0 Å². The van der Waals surface area contributed by atoms with Gasteiger partial charge in [0, 0.05) is 6.61 Å². The molecular formula is C7H16O2Si. The molecule has 0 aromatic carbocycles. The van der Waals surface area contributed by atoms with Crippen molar-refractivity contribution in [2.75, 3.05) is 13.2 Å². The maximum Gasteiger partial charge on any atom is 0.161 e. The second kappa shape index (κ2) is 8.72. The molecule has 0 aliphatic carbocycles. The molecule has 0 heterocycles. The summed E-state index contributed by atoms with van der Waals surface area (Å²) >= 11 is 0. The lowest BCUT2D eigenvalue weighted by atomic mass is 10.5. The summed E-state index contributed by atoms with van der Waals surface area (Å²) in [7, 11) is -0.231. The van der Waals surface area contributed by atoms with Gasteiger partial charge in [-0.05, 0) is 19.4 Å². The highest BCUT2D eigenvalue weighted by Crippen LogP contribution is 1.90. The monoisotopic (exact) mass is 160 g/mol. The first-order valence-electron chi connectivity index (χ1n) is 3.72. The minimum Gasteiger partial charge on any atom is -0.502 e. The van der Waals surface area contributed by atoms with E-state index in [0.29, 0.717) is 0 Å². The largest absolute Gasteiger partial charge is 0.502 e. The first-order valence-corrected chi connectivity index (χ1v) is 5.29. The van der Waals surface area contributed by atoms with Gasteiger partial charge in [-0.2, -0.15) is 0 Å². The molecule has 0 unspecified atom stereocenters. The standard InChI is InChI=1S/C7H16O2Si/c1-3-8-6-5-7-10-9-4-2/h3H,1,4-7,10H2,2H3. The van der Waals surface area contributed by atoms with Crippen molar-refractivity contribution in [2.45, 2.75) is 19.4 Å². The minimum absolute atomic E-state index is 0.231. The molecule has 0 bridgehead atoms. The van der Waals surface area contributed by atoms with Gasteiger partial charge >= 0.3 is 0 Å². The molecule has 0 aliphatic heterocycles. The highest BCUT2D eigenvalue weighted by Gasteiger charge is 1.87. The van der Waals surface area contributed by atoms with E-state index in [4.69, 9.17) is 9.16 Å². The summed E-state index contributed by atoms with van der Waals surface area (Å²) in [6.45, 7) is 7.15. The predicted octanol–water partition coefficient (Wildman–Crippen LogP) is 1.08. The molecule has 0 atom stereocenters. The van der Waals surface area contributed by atoms with E-state index in [9.17, 15) is 0 Å². The zero-order valence-electron chi connectivity index (χ0n) is 6.64. The summed E-state index contributed by atoms with van der Waals surface area (Å²) in [4.78, 5) is 0. The first kappa shape index (κ1) is 9.72. The second-order valence-corrected chi connectivity index (χ2v) is 3.47. The predicted molar refractivity (Wildman–Crippen MR) is 45.7 cm³/mol. The molecule has 10 heavy (non-hydrogen) atoms. The first-order chi connectivity index (χ1) is 4.91. The van der Waals surface area contributed by atoms with Crippen molar-refractivity contribution in [3.05, 3.63) is 12.8 Å². The molecule has 3 heteroatoms. The van der Waals surface area contributed by atoms with Gasteiger partial charge in [-0.3, -0.25) is 0 Å². The molecule has 0 saturated carbocycles. The molecule has 60 valence electrons. The summed E-state index contributed by atoms with van der Waals surface area (Å²) < 4.78 is 10.2. The van der Waals surface area contributed by atoms with Crippen LogP contribution < -0.4 is 0 Å². The van der Waals surface area contributed by atoms with Crippen molar-refractivity contribution in [3.8, 4) is 0 Å². The smallest absolute Gasteiger partial charge is 0.161 e. The average Bonchev–Trinajstić information content (AvgIpc) is 1.97. The van der Waals surface area contributed by atoms with E-state index in [2.05, 4.69) is 6.58 Å². The summed E-state index contributed by atoms with van der Waals surface area (Å²) in [5.41, 5.74) is 0. The van der Waals surface area contributed by atoms with Gasteiger partial charge in [-0.1, -0.05) is 6.58 Å². The molecule has 0 amide bonds. The third kappa shape index (κ3) is 7.72. The quantitative estimate of drug-likeness (QED) is 0.315. The lowest BCUT2D eigenvalue weighted by Gasteiger charge is -1.99. The average molecular weight is 160 g/mol. The SMILES string of the molecule is C=COCCC[SiH2]OCC. The molecule has 2 nitrogen and oxygen atoms in total. The van der Waals surface area contributed by atoms with Crippen molar-refractivity contribution in [1.82, 2.24) is 0 Å². The van der Waals surface area contributed by atoms with Gasteiger partial charge in [0.25, 0.3) is 0 Å². The van der Waals surface area contributed by atoms with Gasteiger partial charge in [0.2, 0.25) is 0 Å². The number of hydrogen-bond donors (Lipinski definition) is 0. The third-order valence-corrected chi connectivity index (χ3v) is 2.61. The van der Waals surface area contributed by atoms with Crippen molar-refractivity contribution in [2.24, 2.45) is 0 Å². The summed E-state index contributed by atoms with van der Waals surface area (Å²) in [5, 5.41) is 0. The Morgan fingerprint density at radius 1 is 1.60 bits per heavy atom. The van der Waals surface area contributed by atoms with E-state index >= 15 is 0 Å². The molecule has 0 saturated heterocycles. The summed E-state index contributed by atoms with van der Waals surface area (Å²) in [5.74, 6) is 0. The molecule has 0 aromatic rings. The highest BCUT2D eigenvalue weighted by molar-refractivity contribution is 6.26. The minimum atomic E-state index is -0.231. The van der Waals surface area contributed by atoms with E-state index in [-0.39, 0.29) is 9.76 Å². The Labute approximate surface area is 65.2 Å². The molecule has 0 aliphatic rings. The van der Waals surface area contributed by atoms with E-state index in [1.54, 1.807) is 0 Å². The summed E-state index contributed by atoms with van der Waals surface area (Å²) in [6.07, 6.45) is 2.60. The fourth-order valence-electron chi connectivity index (χ4n) is 0.617. The van der Waals surface area contributed by atoms with Crippen LogP contribution in [0.2, 0.25) is 6.04 Å². The normalized spacial score (nSPS) is 10.5. The fourth-order valence-corrected chi connectivity index (χ4v) is 1.52. The third-order valence-electron chi connectivity index (χ3n) is 1.12. The van der Waals surface area contributed by atoms with Crippen LogP contribution >= 0.6 is 0 Å². The van der Waals surface area contributed by atoms with Gasteiger partial charge in [0.1, 0.15) is 0 Å². The van der Waals surface area contributed by atoms with Crippen LogP contribution in [0.5, 0.6) is 0 Å². The van der Waals surface area contributed by atoms with E-state index in [0.717, 1.165) is 19.6 Å². The van der Waals surface area contributed by atoms with Gasteiger partial charge in [-0.15, -0.1) is 0 Å². The van der Waals surface area contributed by atoms with Crippen molar-refractivity contribution >= 4 is 9.76 Å². The van der Waals surface area contributed by atoms with Crippen molar-refractivity contribution in [1.29, 1.82) is 0 Å². The highest BCUT2D eigenvalue weighted by atomic mass is 28.2. The lowest BCUT2D eigenvalue weighted by molar-refractivity contribution is 0.249. The van der Waals surface area contributed by atoms with Gasteiger partial charge in [0.05, 0.1) is 12.9 Å². The van der Waals surface area contributed by atoms with Crippen LogP contribution in [-0.2, 0) is 9.16 Å². The van der Waals surface area contributed by atoms with Gasteiger partial charge < -0.3 is 9.16 Å². The molecule has 0 aromatic heterocycles. The number of rotatable bonds is 7. The molecule has 0 rings (SSSR count). The Kier molecular flexibility index (Phi) is 8.47. The van der Waals surface area contributed by atoms with Gasteiger partial charge in [0.15, 0.2) is 9.76 Å². The van der Waals surface area contributed by atoms with E-state index < -0.39 is 0 Å². The molecule has 0 N–H and O–H groups in total. The second-order valence-electron chi connectivity index (χ2n) is 1.94. The Morgan fingerprint density at radius 2 is 2.40 bits per heavy atom. The maximum atomic E-state index is 5.27. The molecule has 0 spiro atoms. The summed E-state index contributed by atoms with van der Waals surface area (Å²) in [6, 6.07) is 1.21. The fraction of sp³-hybridized carbons (Fsp3) is 0.714. The molecule has 0 radical (unpaired) electrons. The van der Waals surface area contributed by atoms with Crippen molar-refractivity contribution < 1.29 is 9.16 Å². The van der Waals surface area contributed by atoms with Crippen LogP contribution in [0.3, 0.4) is 0 Å². The van der Waals surface area contributed by atoms with Crippen molar-refractivity contribution in [3.63, 3.8) is 0 Å². The van der Waals surface area contributed by atoms with Crippen LogP contribution in [-0.4, -0.2) is 23.0 Å². The maximum absolute atomic E-state index is 5.27. The van der Waals surface area contributed by atoms with Crippen LogP contribution in [0.1, 0.15) is 13.3 Å². The molecule has 0 fully saturated rings. The van der Waals surface area contributed by atoms with E-state index in [1.807, 2.05) is 6.92 Å². The Hall–Kier alpha value is -0.283. The Morgan fingerprint density at radius 3 is 3.00 bits per heavy atom. The topological polar surface area (TPSA) is 18.5 Å². The zero-order valence-corrected chi connectivity index (χ0v) is 8.05. The van der Waals surface area contributed by atoms with Crippen LogP contribution in [0, 0.1) is 0 Å². The Balaban J connectivity index is 2.70. The Bertz CT molecular complexity index is 76.0. The number of hydrogen-bond acceptors (Lipinski definition) is 2. The number of ether oxygens (including phenoxy) is 1. The van der Waals surface area contributed by atoms with E-state index in [1.165, 1.54) is 12.3 Å². The molecular weight excluding hydrogens is 144 g/mol. The zero-order chi connectivity index (χ0) is 7.66. The van der Waals surface area contributed by atoms with Crippen LogP contribution in [0.25, 0.3) is 0 Å².